The number of nitrogens with zero attached hydrogens (tertiary/aromatic N) is 3. The van der Waals surface area contributed by atoms with E-state index in [2.05, 4.69) is 11.4 Å². The highest BCUT2D eigenvalue weighted by Crippen LogP contribution is 2.21. The predicted octanol–water partition coefficient (Wildman–Crippen LogP) is 3.41. The summed E-state index contributed by atoms with van der Waals surface area (Å²) >= 11 is 0. The van der Waals surface area contributed by atoms with E-state index >= 15 is 0 Å². The summed E-state index contributed by atoms with van der Waals surface area (Å²) in [6.07, 6.45) is 3.61. The number of nitriles is 1. The molecule has 9 heteroatoms. The molecular weight excluding hydrogens is 388 g/mol. The van der Waals surface area contributed by atoms with Crippen LogP contribution < -0.4 is 5.32 Å². The van der Waals surface area contributed by atoms with E-state index in [1.165, 1.54) is 23.1 Å². The first kappa shape index (κ1) is 22.9. The molecule has 2 rings (SSSR count). The maximum Gasteiger partial charge on any atom is 0.408 e. The molecule has 1 aliphatic heterocycles. The van der Waals surface area contributed by atoms with E-state index < -0.39 is 28.7 Å². The van der Waals surface area contributed by atoms with E-state index in [4.69, 9.17) is 4.74 Å². The Hall–Kier alpha value is -3.41. The van der Waals surface area contributed by atoms with Gasteiger partial charge in [-0.05, 0) is 39.7 Å². The Labute approximate surface area is 175 Å². The highest BCUT2D eigenvalue weighted by Gasteiger charge is 2.30. The molecule has 2 amide bonds. The van der Waals surface area contributed by atoms with Crippen LogP contribution in [0.25, 0.3) is 6.08 Å². The zero-order chi connectivity index (χ0) is 22.3. The van der Waals surface area contributed by atoms with Crippen molar-refractivity contribution in [2.24, 2.45) is 0 Å². The van der Waals surface area contributed by atoms with Gasteiger partial charge in [-0.1, -0.05) is 24.3 Å². The third-order valence-corrected chi connectivity index (χ3v) is 4.46. The van der Waals surface area contributed by atoms with Crippen LogP contribution in [0, 0.1) is 21.4 Å². The third-order valence-electron chi connectivity index (χ3n) is 4.46. The monoisotopic (exact) mass is 414 g/mol. The number of amides is 2. The Bertz CT molecular complexity index is 869. The van der Waals surface area contributed by atoms with Gasteiger partial charge in [-0.3, -0.25) is 14.9 Å². The molecule has 1 heterocycles. The first-order valence-electron chi connectivity index (χ1n) is 9.71. The van der Waals surface area contributed by atoms with Gasteiger partial charge in [0.25, 0.3) is 5.69 Å². The van der Waals surface area contributed by atoms with E-state index in [1.54, 1.807) is 39.0 Å². The van der Waals surface area contributed by atoms with Crippen LogP contribution in [0.5, 0.6) is 0 Å². The zero-order valence-electron chi connectivity index (χ0n) is 17.3. The normalized spacial score (nSPS) is 17.4. The standard InChI is InChI=1S/C21H26N4O5/c1-21(2,3)30-20(27)23-16(13-19(26)24-12-6-8-17(24)14-22)11-10-15-7-4-5-9-18(15)25(28)29/h4-5,7,9-11,16-17H,6,8,12-13H2,1-3H3,(H,23,27)/t16?,17-/m0/s1. The maximum absolute atomic E-state index is 12.7. The summed E-state index contributed by atoms with van der Waals surface area (Å²) in [5.41, 5.74) is -0.455. The van der Waals surface area contributed by atoms with E-state index in [9.17, 15) is 25.0 Å². The van der Waals surface area contributed by atoms with Crippen molar-refractivity contribution in [3.8, 4) is 6.07 Å². The lowest BCUT2D eigenvalue weighted by atomic mass is 10.1. The summed E-state index contributed by atoms with van der Waals surface area (Å²) in [6, 6.07) is 7.06. The summed E-state index contributed by atoms with van der Waals surface area (Å²) < 4.78 is 5.26. The van der Waals surface area contributed by atoms with Gasteiger partial charge in [-0.25, -0.2) is 4.79 Å². The molecule has 160 valence electrons. The second kappa shape index (κ2) is 9.87. The summed E-state index contributed by atoms with van der Waals surface area (Å²) in [6.45, 7) is 5.65. The average molecular weight is 414 g/mol. The lowest BCUT2D eigenvalue weighted by Crippen LogP contribution is -2.43. The molecular formula is C21H26N4O5. The van der Waals surface area contributed by atoms with Crippen LogP contribution in [0.1, 0.15) is 45.6 Å². The fourth-order valence-electron chi connectivity index (χ4n) is 3.15. The lowest BCUT2D eigenvalue weighted by Gasteiger charge is -2.24. The number of rotatable bonds is 6. The summed E-state index contributed by atoms with van der Waals surface area (Å²) in [4.78, 5) is 37.2. The second-order valence-corrected chi connectivity index (χ2v) is 8.01. The molecule has 0 bridgehead atoms. The number of nitro benzene ring substituents is 1. The minimum atomic E-state index is -0.757. The van der Waals surface area contributed by atoms with Gasteiger partial charge >= 0.3 is 6.09 Å². The Morgan fingerprint density at radius 3 is 2.77 bits per heavy atom. The Morgan fingerprint density at radius 2 is 2.13 bits per heavy atom. The van der Waals surface area contributed by atoms with E-state index in [0.29, 0.717) is 18.5 Å². The molecule has 1 aliphatic rings. The molecule has 30 heavy (non-hydrogen) atoms. The van der Waals surface area contributed by atoms with Crippen LogP contribution in [0.2, 0.25) is 0 Å². The molecule has 0 aromatic heterocycles. The zero-order valence-corrected chi connectivity index (χ0v) is 17.3. The minimum absolute atomic E-state index is 0.0832. The van der Waals surface area contributed by atoms with Gasteiger partial charge in [0.05, 0.1) is 29.0 Å². The van der Waals surface area contributed by atoms with Gasteiger partial charge in [0.15, 0.2) is 0 Å². The third kappa shape index (κ3) is 6.58. The summed E-state index contributed by atoms with van der Waals surface area (Å²) in [5.74, 6) is -0.271. The van der Waals surface area contributed by atoms with Gasteiger partial charge in [0.2, 0.25) is 5.91 Å². The average Bonchev–Trinajstić information content (AvgIpc) is 3.13. The summed E-state index contributed by atoms with van der Waals surface area (Å²) in [5, 5.41) is 23.1. The second-order valence-electron chi connectivity index (χ2n) is 8.01. The molecule has 0 spiro atoms. The number of ether oxygens (including phenoxy) is 1. The molecule has 0 saturated carbocycles. The van der Waals surface area contributed by atoms with Crippen LogP contribution in [0.4, 0.5) is 10.5 Å². The lowest BCUT2D eigenvalue weighted by molar-refractivity contribution is -0.385. The van der Waals surface area contributed by atoms with E-state index in [1.807, 2.05) is 0 Å². The highest BCUT2D eigenvalue weighted by atomic mass is 16.6. The number of hydrogen-bond acceptors (Lipinski definition) is 6. The van der Waals surface area contributed by atoms with Crippen LogP contribution in [-0.2, 0) is 9.53 Å². The molecule has 1 aromatic carbocycles. The number of nitrogens with one attached hydrogen (secondary N) is 1. The number of nitro groups is 1. The van der Waals surface area contributed by atoms with E-state index in [0.717, 1.165) is 6.42 Å². The van der Waals surface area contributed by atoms with Crippen molar-refractivity contribution in [3.05, 3.63) is 46.0 Å². The quantitative estimate of drug-likeness (QED) is 0.562. The van der Waals surface area contributed by atoms with Crippen LogP contribution in [-0.4, -0.2) is 46.1 Å². The van der Waals surface area contributed by atoms with Crippen molar-refractivity contribution in [2.45, 2.75) is 57.7 Å². The topological polar surface area (TPSA) is 126 Å². The van der Waals surface area contributed by atoms with Gasteiger partial charge in [0, 0.05) is 12.6 Å². The minimum Gasteiger partial charge on any atom is -0.444 e. The predicted molar refractivity (Wildman–Crippen MR) is 110 cm³/mol. The number of para-hydroxylation sites is 1. The van der Waals surface area contributed by atoms with Crippen LogP contribution in [0.3, 0.4) is 0 Å². The van der Waals surface area contributed by atoms with E-state index in [-0.39, 0.29) is 18.0 Å². The number of carbonyl (C=O) groups is 2. The molecule has 1 aromatic rings. The molecule has 1 unspecified atom stereocenters. The Balaban J connectivity index is 2.21. The van der Waals surface area contributed by atoms with Crippen molar-refractivity contribution in [3.63, 3.8) is 0 Å². The fourth-order valence-corrected chi connectivity index (χ4v) is 3.15. The Morgan fingerprint density at radius 1 is 1.43 bits per heavy atom. The van der Waals surface area contributed by atoms with Gasteiger partial charge in [0.1, 0.15) is 11.6 Å². The Kier molecular flexibility index (Phi) is 7.53. The van der Waals surface area contributed by atoms with Gasteiger partial charge in [-0.2, -0.15) is 5.26 Å². The smallest absolute Gasteiger partial charge is 0.408 e. The fraction of sp³-hybridized carbons (Fsp3) is 0.476. The van der Waals surface area contributed by atoms with Gasteiger partial charge < -0.3 is 15.0 Å². The molecule has 1 saturated heterocycles. The molecule has 1 fully saturated rings. The SMILES string of the molecule is CC(C)(C)OC(=O)NC(C=Cc1ccccc1[N+](=O)[O-])CC(=O)N1CCC[C@H]1C#N. The highest BCUT2D eigenvalue weighted by molar-refractivity contribution is 5.79. The number of benzene rings is 1. The number of alkyl carbamates (subject to hydrolysis) is 1. The van der Waals surface area contributed by atoms with Crippen molar-refractivity contribution in [2.75, 3.05) is 6.54 Å². The molecule has 0 aliphatic carbocycles. The maximum atomic E-state index is 12.7. The van der Waals surface area contributed by atoms with Crippen LogP contribution in [0.15, 0.2) is 30.3 Å². The number of carbonyl (C=O) groups excluding carboxylic acids is 2. The first-order chi connectivity index (χ1) is 14.1. The van der Waals surface area contributed by atoms with Crippen molar-refractivity contribution >= 4 is 23.8 Å². The number of hydrogen-bond donors (Lipinski definition) is 1. The molecule has 2 atom stereocenters. The number of likely N-dealkylation sites (tertiary alicyclic amines) is 1. The van der Waals surface area contributed by atoms with Gasteiger partial charge in [-0.15, -0.1) is 0 Å². The largest absolute Gasteiger partial charge is 0.444 e. The molecule has 9 nitrogen and oxygen atoms in total. The van der Waals surface area contributed by atoms with Crippen LogP contribution >= 0.6 is 0 Å². The van der Waals surface area contributed by atoms with Crippen molar-refractivity contribution in [1.82, 2.24) is 10.2 Å². The summed E-state index contributed by atoms with van der Waals surface area (Å²) in [7, 11) is 0. The first-order valence-corrected chi connectivity index (χ1v) is 9.71. The molecule has 0 radical (unpaired) electrons. The van der Waals surface area contributed by atoms with Crippen molar-refractivity contribution < 1.29 is 19.2 Å². The molecule has 1 N–H and O–H groups in total. The van der Waals surface area contributed by atoms with Crippen molar-refractivity contribution in [1.29, 1.82) is 5.26 Å².